The van der Waals surface area contributed by atoms with Gasteiger partial charge in [0.15, 0.2) is 0 Å². The molecule has 0 saturated carbocycles. The van der Waals surface area contributed by atoms with Gasteiger partial charge in [-0.1, -0.05) is 12.5 Å². The number of piperidine rings is 2. The van der Waals surface area contributed by atoms with E-state index in [1.165, 1.54) is 0 Å². The van der Waals surface area contributed by atoms with Gasteiger partial charge in [-0.05, 0) is 57.4 Å². The SMILES string of the molecule is CNC1CCCN(C(=O)c2ccc(C)c(S(=O)(=O)N3CCCCC3)c2)C1. The third-order valence-corrected chi connectivity index (χ3v) is 7.53. The van der Waals surface area contributed by atoms with Crippen LogP contribution in [0.25, 0.3) is 0 Å². The summed E-state index contributed by atoms with van der Waals surface area (Å²) in [5.74, 6) is -0.0833. The molecule has 26 heavy (non-hydrogen) atoms. The number of likely N-dealkylation sites (tertiary alicyclic amines) is 1. The Balaban J connectivity index is 1.86. The van der Waals surface area contributed by atoms with Crippen LogP contribution >= 0.6 is 0 Å². The minimum absolute atomic E-state index is 0.0833. The normalized spacial score (nSPS) is 22.4. The molecule has 0 spiro atoms. The van der Waals surface area contributed by atoms with Crippen LogP contribution in [0.2, 0.25) is 0 Å². The number of nitrogens with one attached hydrogen (secondary N) is 1. The second kappa shape index (κ2) is 8.06. The summed E-state index contributed by atoms with van der Waals surface area (Å²) in [6, 6.07) is 5.37. The number of aryl methyl sites for hydroxylation is 1. The van der Waals surface area contributed by atoms with E-state index in [2.05, 4.69) is 5.32 Å². The van der Waals surface area contributed by atoms with Gasteiger partial charge in [-0.15, -0.1) is 0 Å². The third kappa shape index (κ3) is 3.94. The fourth-order valence-corrected chi connectivity index (χ4v) is 5.60. The van der Waals surface area contributed by atoms with Crippen molar-refractivity contribution in [3.8, 4) is 0 Å². The maximum Gasteiger partial charge on any atom is 0.253 e. The zero-order chi connectivity index (χ0) is 18.7. The van der Waals surface area contributed by atoms with Crippen LogP contribution in [0.3, 0.4) is 0 Å². The average molecular weight is 380 g/mol. The predicted octanol–water partition coefficient (Wildman–Crippen LogP) is 1.99. The van der Waals surface area contributed by atoms with Crippen LogP contribution in [0.1, 0.15) is 48.0 Å². The van der Waals surface area contributed by atoms with Crippen LogP contribution in [0.15, 0.2) is 23.1 Å². The molecule has 6 nitrogen and oxygen atoms in total. The third-order valence-electron chi connectivity index (χ3n) is 5.48. The highest BCUT2D eigenvalue weighted by Crippen LogP contribution is 2.25. The summed E-state index contributed by atoms with van der Waals surface area (Å²) < 4.78 is 27.7. The minimum Gasteiger partial charge on any atom is -0.337 e. The summed E-state index contributed by atoms with van der Waals surface area (Å²) in [6.07, 6.45) is 4.89. The summed E-state index contributed by atoms with van der Waals surface area (Å²) in [5, 5.41) is 3.23. The van der Waals surface area contributed by atoms with Gasteiger partial charge < -0.3 is 10.2 Å². The van der Waals surface area contributed by atoms with Crippen LogP contribution in [0, 0.1) is 6.92 Å². The van der Waals surface area contributed by atoms with Crippen molar-refractivity contribution in [2.45, 2.75) is 50.0 Å². The molecule has 1 amide bonds. The van der Waals surface area contributed by atoms with E-state index in [0.717, 1.165) is 38.6 Å². The van der Waals surface area contributed by atoms with Gasteiger partial charge in [0, 0.05) is 37.8 Å². The van der Waals surface area contributed by atoms with Crippen LogP contribution in [-0.4, -0.2) is 62.8 Å². The summed E-state index contributed by atoms with van der Waals surface area (Å²) in [4.78, 5) is 15.0. The zero-order valence-corrected chi connectivity index (χ0v) is 16.5. The number of likely N-dealkylation sites (N-methyl/N-ethyl adjacent to an activating group) is 1. The number of sulfonamides is 1. The molecule has 2 saturated heterocycles. The molecular formula is C19H29N3O3S. The fourth-order valence-electron chi connectivity index (χ4n) is 3.84. The van der Waals surface area contributed by atoms with Gasteiger partial charge >= 0.3 is 0 Å². The Morgan fingerprint density at radius 1 is 1.12 bits per heavy atom. The van der Waals surface area contributed by atoms with E-state index >= 15 is 0 Å². The molecule has 2 aliphatic heterocycles. The largest absolute Gasteiger partial charge is 0.337 e. The molecule has 1 unspecified atom stereocenters. The summed E-state index contributed by atoms with van der Waals surface area (Å²) in [7, 11) is -1.63. The number of carbonyl (C=O) groups is 1. The van der Waals surface area contributed by atoms with Crippen molar-refractivity contribution in [2.75, 3.05) is 33.2 Å². The van der Waals surface area contributed by atoms with Gasteiger partial charge in [0.2, 0.25) is 10.0 Å². The number of hydrogen-bond acceptors (Lipinski definition) is 4. The molecule has 0 aliphatic carbocycles. The van der Waals surface area contributed by atoms with Gasteiger partial charge in [-0.25, -0.2) is 8.42 Å². The maximum atomic E-state index is 13.0. The first-order valence-corrected chi connectivity index (χ1v) is 10.9. The first-order chi connectivity index (χ1) is 12.4. The fraction of sp³-hybridized carbons (Fsp3) is 0.632. The highest BCUT2D eigenvalue weighted by molar-refractivity contribution is 7.89. The highest BCUT2D eigenvalue weighted by Gasteiger charge is 2.29. The van der Waals surface area contributed by atoms with E-state index in [1.54, 1.807) is 29.4 Å². The van der Waals surface area contributed by atoms with Crippen molar-refractivity contribution in [3.05, 3.63) is 29.3 Å². The molecule has 1 atom stereocenters. The Labute approximate surface area is 156 Å². The zero-order valence-electron chi connectivity index (χ0n) is 15.7. The highest BCUT2D eigenvalue weighted by atomic mass is 32.2. The number of benzene rings is 1. The summed E-state index contributed by atoms with van der Waals surface area (Å²) >= 11 is 0. The van der Waals surface area contributed by atoms with E-state index in [-0.39, 0.29) is 10.8 Å². The Kier molecular flexibility index (Phi) is 5.99. The van der Waals surface area contributed by atoms with Crippen molar-refractivity contribution in [1.29, 1.82) is 0 Å². The standard InChI is InChI=1S/C19H29N3O3S/c1-15-8-9-16(19(23)21-10-6-7-17(14-21)20-2)13-18(15)26(24,25)22-11-4-3-5-12-22/h8-9,13,17,20H,3-7,10-12,14H2,1-2H3. The first-order valence-electron chi connectivity index (χ1n) is 9.51. The molecular weight excluding hydrogens is 350 g/mol. The molecule has 1 N–H and O–H groups in total. The lowest BCUT2D eigenvalue weighted by molar-refractivity contribution is 0.0698. The second-order valence-corrected chi connectivity index (χ2v) is 9.23. The van der Waals surface area contributed by atoms with E-state index in [9.17, 15) is 13.2 Å². The lowest BCUT2D eigenvalue weighted by atomic mass is 10.0. The molecule has 1 aromatic carbocycles. The number of carbonyl (C=O) groups excluding carboxylic acids is 1. The number of rotatable bonds is 4. The molecule has 2 aliphatic rings. The summed E-state index contributed by atoms with van der Waals surface area (Å²) in [5.41, 5.74) is 1.15. The Morgan fingerprint density at radius 3 is 2.54 bits per heavy atom. The molecule has 2 fully saturated rings. The van der Waals surface area contributed by atoms with Crippen molar-refractivity contribution < 1.29 is 13.2 Å². The van der Waals surface area contributed by atoms with Gasteiger partial charge in [0.1, 0.15) is 0 Å². The van der Waals surface area contributed by atoms with Gasteiger partial charge in [-0.3, -0.25) is 4.79 Å². The molecule has 2 heterocycles. The van der Waals surface area contributed by atoms with Crippen molar-refractivity contribution >= 4 is 15.9 Å². The Bertz CT molecular complexity index is 757. The van der Waals surface area contributed by atoms with E-state index in [1.807, 2.05) is 11.9 Å². The molecule has 3 rings (SSSR count). The van der Waals surface area contributed by atoms with E-state index in [4.69, 9.17) is 0 Å². The topological polar surface area (TPSA) is 69.7 Å². The summed E-state index contributed by atoms with van der Waals surface area (Å²) in [6.45, 7) is 4.31. The van der Waals surface area contributed by atoms with Crippen molar-refractivity contribution in [3.63, 3.8) is 0 Å². The van der Waals surface area contributed by atoms with Gasteiger partial charge in [0.25, 0.3) is 5.91 Å². The van der Waals surface area contributed by atoms with Crippen LogP contribution in [0.4, 0.5) is 0 Å². The van der Waals surface area contributed by atoms with Crippen molar-refractivity contribution in [2.24, 2.45) is 0 Å². The lowest BCUT2D eigenvalue weighted by Gasteiger charge is -2.33. The maximum absolute atomic E-state index is 13.0. The number of nitrogens with zero attached hydrogens (tertiary/aromatic N) is 2. The van der Waals surface area contributed by atoms with Gasteiger partial charge in [-0.2, -0.15) is 4.31 Å². The lowest BCUT2D eigenvalue weighted by Crippen LogP contribution is -2.47. The predicted molar refractivity (Wildman–Crippen MR) is 102 cm³/mol. The second-order valence-electron chi connectivity index (χ2n) is 7.32. The van der Waals surface area contributed by atoms with Crippen LogP contribution < -0.4 is 5.32 Å². The molecule has 144 valence electrons. The molecule has 1 aromatic rings. The van der Waals surface area contributed by atoms with E-state index < -0.39 is 10.0 Å². The number of hydrogen-bond donors (Lipinski definition) is 1. The average Bonchev–Trinajstić information content (AvgIpc) is 2.68. The van der Waals surface area contributed by atoms with Gasteiger partial charge in [0.05, 0.1) is 4.90 Å². The quantitative estimate of drug-likeness (QED) is 0.869. The Morgan fingerprint density at radius 2 is 1.85 bits per heavy atom. The monoisotopic (exact) mass is 379 g/mol. The molecule has 0 aromatic heterocycles. The van der Waals surface area contributed by atoms with Crippen LogP contribution in [-0.2, 0) is 10.0 Å². The molecule has 0 bridgehead atoms. The molecule has 0 radical (unpaired) electrons. The Hall–Kier alpha value is -1.44. The smallest absolute Gasteiger partial charge is 0.253 e. The minimum atomic E-state index is -3.54. The first kappa shape index (κ1) is 19.3. The van der Waals surface area contributed by atoms with Crippen molar-refractivity contribution in [1.82, 2.24) is 14.5 Å². The molecule has 7 heteroatoms. The number of amides is 1. The van der Waals surface area contributed by atoms with Crippen LogP contribution in [0.5, 0.6) is 0 Å². The van der Waals surface area contributed by atoms with E-state index in [0.29, 0.717) is 36.8 Å².